The Morgan fingerprint density at radius 2 is 2.30 bits per heavy atom. The van der Waals surface area contributed by atoms with Crippen LogP contribution >= 0.6 is 0 Å². The Balaban J connectivity index is 3.37. The third-order valence-corrected chi connectivity index (χ3v) is 1.17. The summed E-state index contributed by atoms with van der Waals surface area (Å²) in [7, 11) is 3.38. The number of aliphatic hydroxyl groups excluding tert-OH is 1. The van der Waals surface area contributed by atoms with Gasteiger partial charge in [-0.05, 0) is 7.05 Å². The minimum atomic E-state index is -0.0315. The lowest BCUT2D eigenvalue weighted by Crippen LogP contribution is -2.34. The van der Waals surface area contributed by atoms with Gasteiger partial charge in [-0.1, -0.05) is 0 Å². The average molecular weight is 146 g/mol. The van der Waals surface area contributed by atoms with Gasteiger partial charge >= 0.3 is 0 Å². The van der Waals surface area contributed by atoms with E-state index in [2.05, 4.69) is 5.32 Å². The zero-order valence-corrected chi connectivity index (χ0v) is 6.42. The largest absolute Gasteiger partial charge is 0.395 e. The van der Waals surface area contributed by atoms with Crippen LogP contribution < -0.4 is 5.32 Å². The van der Waals surface area contributed by atoms with Crippen LogP contribution in [0.15, 0.2) is 0 Å². The maximum atomic E-state index is 10.7. The van der Waals surface area contributed by atoms with E-state index in [9.17, 15) is 4.79 Å². The molecule has 0 fully saturated rings. The first-order valence-electron chi connectivity index (χ1n) is 3.20. The highest BCUT2D eigenvalue weighted by atomic mass is 16.3. The van der Waals surface area contributed by atoms with Gasteiger partial charge in [0, 0.05) is 13.6 Å². The molecule has 0 unspecified atom stereocenters. The Hall–Kier alpha value is -0.610. The van der Waals surface area contributed by atoms with E-state index >= 15 is 0 Å². The van der Waals surface area contributed by atoms with Crippen molar-refractivity contribution >= 4 is 5.91 Å². The molecular weight excluding hydrogens is 132 g/mol. The molecule has 0 aliphatic carbocycles. The molecule has 0 saturated carbocycles. The number of hydrogen-bond acceptors (Lipinski definition) is 3. The second-order valence-electron chi connectivity index (χ2n) is 2.13. The molecule has 0 aromatic rings. The Morgan fingerprint density at radius 3 is 2.70 bits per heavy atom. The first kappa shape index (κ1) is 9.39. The van der Waals surface area contributed by atoms with E-state index in [1.165, 1.54) is 0 Å². The van der Waals surface area contributed by atoms with E-state index in [0.717, 1.165) is 0 Å². The van der Waals surface area contributed by atoms with Gasteiger partial charge in [0.1, 0.15) is 0 Å². The van der Waals surface area contributed by atoms with E-state index in [1.54, 1.807) is 19.0 Å². The lowest BCUT2D eigenvalue weighted by atomic mass is 10.5. The zero-order valence-electron chi connectivity index (χ0n) is 6.42. The molecule has 10 heavy (non-hydrogen) atoms. The molecule has 0 aromatic carbocycles. The lowest BCUT2D eigenvalue weighted by molar-refractivity contribution is -0.121. The van der Waals surface area contributed by atoms with Crippen molar-refractivity contribution < 1.29 is 9.90 Å². The van der Waals surface area contributed by atoms with Crippen molar-refractivity contribution in [3.05, 3.63) is 0 Å². The number of likely N-dealkylation sites (N-methyl/N-ethyl adjacent to an activating group) is 2. The van der Waals surface area contributed by atoms with Crippen LogP contribution in [-0.4, -0.2) is 49.7 Å². The molecule has 0 aliphatic rings. The molecule has 0 rings (SSSR count). The number of carbonyl (C=O) groups excluding carboxylic acids is 1. The maximum absolute atomic E-state index is 10.7. The minimum Gasteiger partial charge on any atom is -0.395 e. The summed E-state index contributed by atoms with van der Waals surface area (Å²) in [6.45, 7) is 0.970. The van der Waals surface area contributed by atoms with Crippen LogP contribution in [0.3, 0.4) is 0 Å². The highest BCUT2D eigenvalue weighted by Crippen LogP contribution is 1.78. The third kappa shape index (κ3) is 4.29. The van der Waals surface area contributed by atoms with Crippen LogP contribution in [0.25, 0.3) is 0 Å². The molecule has 0 aliphatic heterocycles. The Kier molecular flexibility index (Phi) is 4.88. The van der Waals surface area contributed by atoms with E-state index in [4.69, 9.17) is 5.11 Å². The molecule has 4 heteroatoms. The van der Waals surface area contributed by atoms with Crippen molar-refractivity contribution in [1.29, 1.82) is 0 Å². The Morgan fingerprint density at radius 1 is 1.70 bits per heavy atom. The number of nitrogens with zero attached hydrogens (tertiary/aromatic N) is 1. The topological polar surface area (TPSA) is 52.6 Å². The van der Waals surface area contributed by atoms with E-state index in [0.29, 0.717) is 13.1 Å². The van der Waals surface area contributed by atoms with Crippen LogP contribution in [-0.2, 0) is 4.79 Å². The molecule has 2 N–H and O–H groups in total. The van der Waals surface area contributed by atoms with E-state index in [1.807, 2.05) is 0 Å². The van der Waals surface area contributed by atoms with Crippen LogP contribution in [0.1, 0.15) is 0 Å². The maximum Gasteiger partial charge on any atom is 0.233 e. The molecule has 4 nitrogen and oxygen atoms in total. The smallest absolute Gasteiger partial charge is 0.233 e. The van der Waals surface area contributed by atoms with Crippen molar-refractivity contribution in [2.75, 3.05) is 33.8 Å². The fraction of sp³-hybridized carbons (Fsp3) is 0.833. The van der Waals surface area contributed by atoms with Gasteiger partial charge in [-0.2, -0.15) is 0 Å². The molecule has 0 bridgehead atoms. The van der Waals surface area contributed by atoms with Gasteiger partial charge in [0.25, 0.3) is 0 Å². The number of hydrogen-bond donors (Lipinski definition) is 2. The van der Waals surface area contributed by atoms with Crippen LogP contribution in [0.5, 0.6) is 0 Å². The predicted molar refractivity (Wildman–Crippen MR) is 38.6 cm³/mol. The molecule has 1 amide bonds. The van der Waals surface area contributed by atoms with Crippen molar-refractivity contribution in [2.24, 2.45) is 0 Å². The quantitative estimate of drug-likeness (QED) is 0.516. The highest BCUT2D eigenvalue weighted by Gasteiger charge is 2.01. The summed E-state index contributed by atoms with van der Waals surface area (Å²) in [5.41, 5.74) is 0. The number of rotatable bonds is 4. The summed E-state index contributed by atoms with van der Waals surface area (Å²) >= 11 is 0. The minimum absolute atomic E-state index is 0.0315. The predicted octanol–water partition coefficient (Wildman–Crippen LogP) is -1.34. The van der Waals surface area contributed by atoms with Gasteiger partial charge in [-0.3, -0.25) is 9.69 Å². The van der Waals surface area contributed by atoms with Crippen LogP contribution in [0, 0.1) is 0 Å². The van der Waals surface area contributed by atoms with Crippen LogP contribution in [0.2, 0.25) is 0 Å². The van der Waals surface area contributed by atoms with Crippen molar-refractivity contribution in [2.45, 2.75) is 0 Å². The van der Waals surface area contributed by atoms with Crippen LogP contribution in [0.4, 0.5) is 0 Å². The molecule has 60 valence electrons. The monoisotopic (exact) mass is 146 g/mol. The summed E-state index contributed by atoms with van der Waals surface area (Å²) in [5.74, 6) is -0.0315. The second kappa shape index (κ2) is 5.20. The molecule has 0 heterocycles. The van der Waals surface area contributed by atoms with Gasteiger partial charge in [-0.25, -0.2) is 0 Å². The summed E-state index contributed by atoms with van der Waals surface area (Å²) in [4.78, 5) is 12.4. The van der Waals surface area contributed by atoms with Gasteiger partial charge in [0.05, 0.1) is 13.2 Å². The molecule has 0 radical (unpaired) electrons. The molecule has 0 aromatic heterocycles. The van der Waals surface area contributed by atoms with Crippen molar-refractivity contribution in [3.63, 3.8) is 0 Å². The number of amides is 1. The molecule has 0 saturated heterocycles. The SMILES string of the molecule is CNC(=O)CN(C)CCO. The highest BCUT2D eigenvalue weighted by molar-refractivity contribution is 5.77. The number of aliphatic hydroxyl groups is 1. The first-order valence-corrected chi connectivity index (χ1v) is 3.20. The standard InChI is InChI=1S/C6H14N2O2/c1-7-6(10)5-8(2)3-4-9/h9H,3-5H2,1-2H3,(H,7,10). The van der Waals surface area contributed by atoms with Crippen molar-refractivity contribution in [1.82, 2.24) is 10.2 Å². The molecular formula is C6H14N2O2. The van der Waals surface area contributed by atoms with Gasteiger partial charge in [0.15, 0.2) is 0 Å². The normalized spacial score (nSPS) is 10.0. The number of carbonyl (C=O) groups is 1. The zero-order chi connectivity index (χ0) is 7.98. The van der Waals surface area contributed by atoms with Gasteiger partial charge < -0.3 is 10.4 Å². The Labute approximate surface area is 60.8 Å². The summed E-state index contributed by atoms with van der Waals surface area (Å²) in [5, 5.41) is 10.9. The van der Waals surface area contributed by atoms with E-state index < -0.39 is 0 Å². The summed E-state index contributed by atoms with van der Waals surface area (Å²) in [6, 6.07) is 0. The molecule has 0 spiro atoms. The van der Waals surface area contributed by atoms with Gasteiger partial charge in [-0.15, -0.1) is 0 Å². The third-order valence-electron chi connectivity index (χ3n) is 1.17. The van der Waals surface area contributed by atoms with E-state index in [-0.39, 0.29) is 12.5 Å². The van der Waals surface area contributed by atoms with Gasteiger partial charge in [0.2, 0.25) is 5.91 Å². The lowest BCUT2D eigenvalue weighted by Gasteiger charge is -2.12. The second-order valence-corrected chi connectivity index (χ2v) is 2.13. The molecule has 0 atom stereocenters. The first-order chi connectivity index (χ1) is 4.70. The van der Waals surface area contributed by atoms with Crippen molar-refractivity contribution in [3.8, 4) is 0 Å². The Bertz CT molecular complexity index is 106. The average Bonchev–Trinajstić information content (AvgIpc) is 1.88. The fourth-order valence-electron chi connectivity index (χ4n) is 0.574. The summed E-state index contributed by atoms with van der Waals surface area (Å²) in [6.07, 6.45) is 0. The summed E-state index contributed by atoms with van der Waals surface area (Å²) < 4.78 is 0. The fourth-order valence-corrected chi connectivity index (χ4v) is 0.574. The number of nitrogens with one attached hydrogen (secondary N) is 1.